The van der Waals surface area contributed by atoms with Crippen molar-refractivity contribution in [2.45, 2.75) is 19.2 Å². The molecule has 1 aromatic heterocycles. The summed E-state index contributed by atoms with van der Waals surface area (Å²) >= 11 is 0. The summed E-state index contributed by atoms with van der Waals surface area (Å²) < 4.78 is 35.8. The number of hydrogen-bond donors (Lipinski definition) is 1. The first-order valence-corrected chi connectivity index (χ1v) is 3.58. The van der Waals surface area contributed by atoms with Crippen molar-refractivity contribution in [3.8, 4) is 0 Å². The van der Waals surface area contributed by atoms with Crippen LogP contribution in [-0.4, -0.2) is 16.3 Å². The van der Waals surface area contributed by atoms with E-state index in [1.807, 2.05) is 0 Å². The minimum atomic E-state index is -4.65. The maximum atomic E-state index is 11.9. The Hall–Kier alpha value is -1.10. The van der Waals surface area contributed by atoms with Crippen molar-refractivity contribution < 1.29 is 18.3 Å². The molecule has 1 rings (SSSR count). The third-order valence-corrected chi connectivity index (χ3v) is 1.52. The molecule has 0 bridgehead atoms. The summed E-state index contributed by atoms with van der Waals surface area (Å²) in [5.74, 6) is 0. The standard InChI is InChI=1S/C8H8F3NO/c1-5-2-3-6(12-4-5)7(13)8(9,10)11/h2-4,7,13H,1H3/t7-/m1/s1. The Morgan fingerprint density at radius 1 is 1.38 bits per heavy atom. The summed E-state index contributed by atoms with van der Waals surface area (Å²) in [4.78, 5) is 3.47. The minimum Gasteiger partial charge on any atom is -0.378 e. The topological polar surface area (TPSA) is 33.1 Å². The first-order chi connectivity index (χ1) is 5.91. The van der Waals surface area contributed by atoms with Crippen LogP contribution in [0.5, 0.6) is 0 Å². The zero-order valence-electron chi connectivity index (χ0n) is 6.84. The summed E-state index contributed by atoms with van der Waals surface area (Å²) in [5, 5.41) is 8.76. The van der Waals surface area contributed by atoms with Gasteiger partial charge in [-0.15, -0.1) is 0 Å². The van der Waals surface area contributed by atoms with Crippen LogP contribution in [0.2, 0.25) is 0 Å². The van der Waals surface area contributed by atoms with Crippen LogP contribution < -0.4 is 0 Å². The van der Waals surface area contributed by atoms with Crippen LogP contribution in [0.25, 0.3) is 0 Å². The van der Waals surface area contributed by atoms with E-state index in [9.17, 15) is 13.2 Å². The molecule has 2 nitrogen and oxygen atoms in total. The second-order valence-electron chi connectivity index (χ2n) is 2.70. The highest BCUT2D eigenvalue weighted by atomic mass is 19.4. The van der Waals surface area contributed by atoms with Crippen LogP contribution in [0.4, 0.5) is 13.2 Å². The van der Waals surface area contributed by atoms with Crippen molar-refractivity contribution in [3.05, 3.63) is 29.6 Å². The molecule has 13 heavy (non-hydrogen) atoms. The van der Waals surface area contributed by atoms with Crippen molar-refractivity contribution in [1.29, 1.82) is 0 Å². The fourth-order valence-corrected chi connectivity index (χ4v) is 0.809. The number of aliphatic hydroxyl groups excluding tert-OH is 1. The number of pyridine rings is 1. The van der Waals surface area contributed by atoms with Crippen LogP contribution in [0, 0.1) is 6.92 Å². The third kappa shape index (κ3) is 2.42. The number of rotatable bonds is 1. The molecular formula is C8H8F3NO. The molecule has 0 aromatic carbocycles. The Kier molecular flexibility index (Phi) is 2.56. The summed E-state index contributed by atoms with van der Waals surface area (Å²) in [6.07, 6.45) is -5.86. The highest BCUT2D eigenvalue weighted by Gasteiger charge is 2.40. The lowest BCUT2D eigenvalue weighted by molar-refractivity contribution is -0.207. The Morgan fingerprint density at radius 3 is 2.38 bits per heavy atom. The smallest absolute Gasteiger partial charge is 0.378 e. The molecular weight excluding hydrogens is 183 g/mol. The summed E-state index contributed by atoms with van der Waals surface area (Å²) in [5.41, 5.74) is 0.372. The zero-order chi connectivity index (χ0) is 10.1. The fraction of sp³-hybridized carbons (Fsp3) is 0.375. The van der Waals surface area contributed by atoms with Crippen molar-refractivity contribution in [2.24, 2.45) is 0 Å². The Labute approximate surface area is 73.0 Å². The summed E-state index contributed by atoms with van der Waals surface area (Å²) in [6.45, 7) is 1.71. The fourth-order valence-electron chi connectivity index (χ4n) is 0.809. The average Bonchev–Trinajstić information content (AvgIpc) is 2.03. The normalized spacial score (nSPS) is 14.2. The molecule has 0 saturated carbocycles. The molecule has 0 fully saturated rings. The van der Waals surface area contributed by atoms with Gasteiger partial charge in [0.15, 0.2) is 6.10 Å². The molecule has 1 N–H and O–H groups in total. The molecule has 1 atom stereocenters. The monoisotopic (exact) mass is 191 g/mol. The molecule has 1 aromatic rings. The first kappa shape index (κ1) is 9.98. The maximum absolute atomic E-state index is 11.9. The number of aryl methyl sites for hydroxylation is 1. The van der Waals surface area contributed by atoms with Crippen molar-refractivity contribution >= 4 is 0 Å². The van der Waals surface area contributed by atoms with Gasteiger partial charge in [-0.25, -0.2) is 0 Å². The van der Waals surface area contributed by atoms with E-state index in [-0.39, 0.29) is 5.69 Å². The number of aliphatic hydroxyl groups is 1. The molecule has 0 unspecified atom stereocenters. The molecule has 0 saturated heterocycles. The summed E-state index contributed by atoms with van der Waals surface area (Å²) in [7, 11) is 0. The van der Waals surface area contributed by atoms with E-state index in [2.05, 4.69) is 4.98 Å². The molecule has 0 aliphatic carbocycles. The minimum absolute atomic E-state index is 0.377. The van der Waals surface area contributed by atoms with Gasteiger partial charge in [0.2, 0.25) is 0 Å². The largest absolute Gasteiger partial charge is 0.420 e. The van der Waals surface area contributed by atoms with Gasteiger partial charge in [-0.1, -0.05) is 6.07 Å². The lowest BCUT2D eigenvalue weighted by Crippen LogP contribution is -2.21. The average molecular weight is 191 g/mol. The van der Waals surface area contributed by atoms with Crippen LogP contribution in [0.3, 0.4) is 0 Å². The van der Waals surface area contributed by atoms with Gasteiger partial charge in [0, 0.05) is 6.20 Å². The molecule has 0 amide bonds. The van der Waals surface area contributed by atoms with E-state index in [0.717, 1.165) is 11.6 Å². The van der Waals surface area contributed by atoms with Crippen LogP contribution in [-0.2, 0) is 0 Å². The lowest BCUT2D eigenvalue weighted by atomic mass is 10.2. The molecule has 0 aliphatic heterocycles. The van der Waals surface area contributed by atoms with E-state index in [1.54, 1.807) is 6.92 Å². The van der Waals surface area contributed by atoms with Gasteiger partial charge < -0.3 is 5.11 Å². The van der Waals surface area contributed by atoms with Crippen molar-refractivity contribution in [1.82, 2.24) is 4.98 Å². The van der Waals surface area contributed by atoms with Gasteiger partial charge >= 0.3 is 6.18 Å². The van der Waals surface area contributed by atoms with E-state index < -0.39 is 12.3 Å². The number of aromatic nitrogens is 1. The second-order valence-corrected chi connectivity index (χ2v) is 2.70. The van der Waals surface area contributed by atoms with Crippen molar-refractivity contribution in [2.75, 3.05) is 0 Å². The predicted octanol–water partition coefficient (Wildman–Crippen LogP) is 1.99. The van der Waals surface area contributed by atoms with E-state index in [0.29, 0.717) is 0 Å². The Bertz CT molecular complexity index is 280. The highest BCUT2D eigenvalue weighted by molar-refractivity contribution is 5.14. The van der Waals surface area contributed by atoms with Crippen LogP contribution in [0.15, 0.2) is 18.3 Å². The lowest BCUT2D eigenvalue weighted by Gasteiger charge is -2.13. The van der Waals surface area contributed by atoms with Crippen LogP contribution >= 0.6 is 0 Å². The Balaban J connectivity index is 2.90. The number of halogens is 3. The Morgan fingerprint density at radius 2 is 2.00 bits per heavy atom. The van der Waals surface area contributed by atoms with E-state index in [1.165, 1.54) is 12.3 Å². The summed E-state index contributed by atoms with van der Waals surface area (Å²) in [6, 6.07) is 2.63. The highest BCUT2D eigenvalue weighted by Crippen LogP contribution is 2.30. The molecule has 0 spiro atoms. The maximum Gasteiger partial charge on any atom is 0.420 e. The van der Waals surface area contributed by atoms with Gasteiger partial charge in [0.05, 0.1) is 5.69 Å². The van der Waals surface area contributed by atoms with Gasteiger partial charge in [-0.2, -0.15) is 13.2 Å². The van der Waals surface area contributed by atoms with E-state index >= 15 is 0 Å². The molecule has 1 heterocycles. The molecule has 0 aliphatic rings. The van der Waals surface area contributed by atoms with Crippen LogP contribution in [0.1, 0.15) is 17.4 Å². The first-order valence-electron chi connectivity index (χ1n) is 3.58. The number of alkyl halides is 3. The molecule has 0 radical (unpaired) electrons. The third-order valence-electron chi connectivity index (χ3n) is 1.52. The zero-order valence-corrected chi connectivity index (χ0v) is 6.84. The quantitative estimate of drug-likeness (QED) is 0.736. The molecule has 5 heteroatoms. The van der Waals surface area contributed by atoms with Gasteiger partial charge in [-0.3, -0.25) is 4.98 Å². The van der Waals surface area contributed by atoms with Gasteiger partial charge in [-0.05, 0) is 18.6 Å². The van der Waals surface area contributed by atoms with Crippen molar-refractivity contribution in [3.63, 3.8) is 0 Å². The molecule has 72 valence electrons. The van der Waals surface area contributed by atoms with Gasteiger partial charge in [0.25, 0.3) is 0 Å². The van der Waals surface area contributed by atoms with E-state index in [4.69, 9.17) is 5.11 Å². The SMILES string of the molecule is Cc1ccc([C@@H](O)C(F)(F)F)nc1. The van der Waals surface area contributed by atoms with Gasteiger partial charge in [0.1, 0.15) is 0 Å². The second kappa shape index (κ2) is 3.33. The predicted molar refractivity (Wildman–Crippen MR) is 40.0 cm³/mol. The number of hydrogen-bond acceptors (Lipinski definition) is 2. The number of nitrogens with zero attached hydrogens (tertiary/aromatic N) is 1.